The van der Waals surface area contributed by atoms with Crippen LogP contribution in [0.25, 0.3) is 0 Å². The Balaban J connectivity index is 1.73. The number of aryl methyl sites for hydroxylation is 1. The molecule has 206 valence electrons. The van der Waals surface area contributed by atoms with Crippen molar-refractivity contribution in [2.45, 2.75) is 66.1 Å². The summed E-state index contributed by atoms with van der Waals surface area (Å²) in [5, 5.41) is 10.8. The molecule has 0 saturated heterocycles. The van der Waals surface area contributed by atoms with Gasteiger partial charge in [-0.25, -0.2) is 9.59 Å². The van der Waals surface area contributed by atoms with Crippen LogP contribution in [-0.4, -0.2) is 24.2 Å². The first-order valence-electron chi connectivity index (χ1n) is 13.1. The molecule has 0 saturated carbocycles. The number of hydrogen-bond donors (Lipinski definition) is 1. The van der Waals surface area contributed by atoms with E-state index in [1.54, 1.807) is 30.3 Å². The van der Waals surface area contributed by atoms with E-state index < -0.39 is 18.0 Å². The molecular weight excluding hydrogens is 496 g/mol. The lowest BCUT2D eigenvalue weighted by Crippen LogP contribution is -2.16. The summed E-state index contributed by atoms with van der Waals surface area (Å²) in [7, 11) is 1.43. The fourth-order valence-corrected chi connectivity index (χ4v) is 4.62. The zero-order valence-corrected chi connectivity index (χ0v) is 23.6. The van der Waals surface area contributed by atoms with Gasteiger partial charge in [0.2, 0.25) is 0 Å². The van der Waals surface area contributed by atoms with Crippen LogP contribution in [0, 0.1) is 12.8 Å². The number of aliphatic hydroxyl groups is 1. The Bertz CT molecular complexity index is 1380. The lowest BCUT2D eigenvalue weighted by Gasteiger charge is -2.24. The third-order valence-corrected chi connectivity index (χ3v) is 6.65. The van der Waals surface area contributed by atoms with Crippen molar-refractivity contribution in [3.8, 4) is 23.0 Å². The third kappa shape index (κ3) is 6.09. The van der Waals surface area contributed by atoms with E-state index in [2.05, 4.69) is 20.8 Å². The minimum Gasteiger partial charge on any atom is -0.495 e. The molecule has 0 unspecified atom stereocenters. The van der Waals surface area contributed by atoms with Crippen molar-refractivity contribution in [1.82, 2.24) is 0 Å². The molecule has 3 aromatic rings. The quantitative estimate of drug-likeness (QED) is 0.268. The highest BCUT2D eigenvalue weighted by Crippen LogP contribution is 2.44. The fourth-order valence-electron chi connectivity index (χ4n) is 4.62. The van der Waals surface area contributed by atoms with Crippen LogP contribution in [0.4, 0.5) is 0 Å². The maximum absolute atomic E-state index is 13.1. The highest BCUT2D eigenvalue weighted by molar-refractivity contribution is 5.97. The Hall–Kier alpha value is -3.84. The minimum atomic E-state index is -0.834. The molecule has 7 nitrogen and oxygen atoms in total. The first-order valence-corrected chi connectivity index (χ1v) is 13.1. The first-order chi connectivity index (χ1) is 18.4. The molecule has 1 aliphatic heterocycles. The Morgan fingerprint density at radius 2 is 1.77 bits per heavy atom. The van der Waals surface area contributed by atoms with Crippen molar-refractivity contribution in [2.75, 3.05) is 7.11 Å². The van der Waals surface area contributed by atoms with Crippen LogP contribution in [0.5, 0.6) is 23.0 Å². The summed E-state index contributed by atoms with van der Waals surface area (Å²) in [5.41, 5.74) is 3.38. The Morgan fingerprint density at radius 1 is 1.08 bits per heavy atom. The highest BCUT2D eigenvalue weighted by atomic mass is 16.6. The van der Waals surface area contributed by atoms with E-state index in [1.165, 1.54) is 7.11 Å². The first kappa shape index (κ1) is 28.2. The third-order valence-electron chi connectivity index (χ3n) is 6.65. The highest BCUT2D eigenvalue weighted by Gasteiger charge is 2.30. The van der Waals surface area contributed by atoms with Crippen molar-refractivity contribution >= 4 is 11.9 Å². The van der Waals surface area contributed by atoms with E-state index >= 15 is 0 Å². The number of fused-ring (bicyclic) bond motifs is 2. The summed E-state index contributed by atoms with van der Waals surface area (Å²) < 4.78 is 23.3. The number of benzene rings is 3. The van der Waals surface area contributed by atoms with Gasteiger partial charge in [0.05, 0.1) is 18.8 Å². The Kier molecular flexibility index (Phi) is 8.02. The molecule has 1 heterocycles. The summed E-state index contributed by atoms with van der Waals surface area (Å²) >= 11 is 0. The number of rotatable bonds is 6. The van der Waals surface area contributed by atoms with E-state index in [9.17, 15) is 14.7 Å². The van der Waals surface area contributed by atoms with Gasteiger partial charge in [-0.05, 0) is 72.2 Å². The maximum Gasteiger partial charge on any atom is 0.346 e. The molecule has 0 aliphatic carbocycles. The lowest BCUT2D eigenvalue weighted by atomic mass is 9.87. The molecule has 0 aromatic heterocycles. The number of methoxy groups -OCH3 is 1. The molecule has 39 heavy (non-hydrogen) atoms. The lowest BCUT2D eigenvalue weighted by molar-refractivity contribution is 0.0451. The van der Waals surface area contributed by atoms with E-state index in [4.69, 9.17) is 18.9 Å². The van der Waals surface area contributed by atoms with Crippen molar-refractivity contribution in [3.05, 3.63) is 81.9 Å². The second-order valence-electron chi connectivity index (χ2n) is 11.4. The molecule has 0 bridgehead atoms. The summed E-state index contributed by atoms with van der Waals surface area (Å²) in [6.07, 6.45) is -0.344. The molecule has 1 atom stereocenters. The molecule has 7 heteroatoms. The largest absolute Gasteiger partial charge is 0.495 e. The smallest absolute Gasteiger partial charge is 0.346 e. The van der Waals surface area contributed by atoms with Gasteiger partial charge < -0.3 is 24.1 Å². The minimum absolute atomic E-state index is 0.0424. The monoisotopic (exact) mass is 532 g/mol. The van der Waals surface area contributed by atoms with E-state index in [0.717, 1.165) is 11.1 Å². The van der Waals surface area contributed by atoms with Crippen LogP contribution in [-0.2, 0) is 16.8 Å². The molecule has 0 amide bonds. The average Bonchev–Trinajstić information content (AvgIpc) is 2.86. The molecule has 0 radical (unpaired) electrons. The second kappa shape index (κ2) is 11.1. The second-order valence-corrected chi connectivity index (χ2v) is 11.4. The van der Waals surface area contributed by atoms with Gasteiger partial charge in [-0.3, -0.25) is 0 Å². The van der Waals surface area contributed by atoms with Crippen molar-refractivity contribution in [2.24, 2.45) is 5.92 Å². The molecule has 4 rings (SSSR count). The van der Waals surface area contributed by atoms with E-state index in [-0.39, 0.29) is 46.5 Å². The molecule has 1 N–H and O–H groups in total. The average molecular weight is 533 g/mol. The molecule has 3 aromatic carbocycles. The predicted molar refractivity (Wildman–Crippen MR) is 148 cm³/mol. The fraction of sp³-hybridized carbons (Fsp3) is 0.375. The van der Waals surface area contributed by atoms with E-state index in [1.807, 2.05) is 39.0 Å². The van der Waals surface area contributed by atoms with Gasteiger partial charge in [-0.1, -0.05) is 46.8 Å². The maximum atomic E-state index is 13.1. The number of aliphatic hydroxyl groups excluding tert-OH is 1. The van der Waals surface area contributed by atoms with Crippen LogP contribution >= 0.6 is 0 Å². The van der Waals surface area contributed by atoms with Gasteiger partial charge >= 0.3 is 11.9 Å². The predicted octanol–water partition coefficient (Wildman–Crippen LogP) is 7.06. The number of carbonyl (C=O) groups excluding carboxylic acids is 2. The number of carbonyl (C=O) groups is 2. The molecular formula is C32H36O7. The number of cyclic esters (lactones) is 1. The summed E-state index contributed by atoms with van der Waals surface area (Å²) in [4.78, 5) is 26.2. The summed E-state index contributed by atoms with van der Waals surface area (Å²) in [5.74, 6) is -0.0891. The normalized spacial score (nSPS) is 13.8. The topological polar surface area (TPSA) is 91.3 Å². The number of hydrogen-bond acceptors (Lipinski definition) is 7. The zero-order valence-electron chi connectivity index (χ0n) is 23.6. The molecule has 1 aliphatic rings. The standard InChI is InChI=1S/C32H36O7/c1-18(2)14-24(33)23-12-13-25-27(29(23)36-7)31(35)37-17-21-15-19(3)16-26(28(21)38-25)39-30(34)20-8-10-22(11-9-20)32(4,5)6/h8-13,15-16,18,24,33H,14,17H2,1-7H3/t24-/m0/s1. The molecule has 0 spiro atoms. The van der Waals surface area contributed by atoms with Gasteiger partial charge in [-0.15, -0.1) is 0 Å². The van der Waals surface area contributed by atoms with Crippen LogP contribution < -0.4 is 14.2 Å². The van der Waals surface area contributed by atoms with Gasteiger partial charge in [-0.2, -0.15) is 0 Å². The summed E-state index contributed by atoms with van der Waals surface area (Å²) in [6, 6.07) is 14.1. The van der Waals surface area contributed by atoms with Crippen molar-refractivity contribution in [1.29, 1.82) is 0 Å². The Labute approximate surface area is 229 Å². The van der Waals surface area contributed by atoms with Crippen LogP contribution in [0.3, 0.4) is 0 Å². The zero-order chi connectivity index (χ0) is 28.5. The number of ether oxygens (including phenoxy) is 4. The van der Waals surface area contributed by atoms with Crippen LogP contribution in [0.1, 0.15) is 90.1 Å². The van der Waals surface area contributed by atoms with Crippen molar-refractivity contribution in [3.63, 3.8) is 0 Å². The van der Waals surface area contributed by atoms with Gasteiger partial charge in [0.25, 0.3) is 0 Å². The van der Waals surface area contributed by atoms with Gasteiger partial charge in [0, 0.05) is 11.1 Å². The SMILES string of the molecule is COc1c([C@@H](O)CC(C)C)ccc2c1C(=O)OCc1cc(C)cc(OC(=O)c3ccc(C(C)(C)C)cc3)c1O2. The van der Waals surface area contributed by atoms with Crippen LogP contribution in [0.2, 0.25) is 0 Å². The molecule has 0 fully saturated rings. The summed E-state index contributed by atoms with van der Waals surface area (Å²) in [6.45, 7) is 12.1. The van der Waals surface area contributed by atoms with Gasteiger partial charge in [0.15, 0.2) is 11.5 Å². The number of esters is 2. The van der Waals surface area contributed by atoms with Crippen molar-refractivity contribution < 1.29 is 33.6 Å². The Morgan fingerprint density at radius 3 is 2.38 bits per heavy atom. The van der Waals surface area contributed by atoms with E-state index in [0.29, 0.717) is 23.1 Å². The van der Waals surface area contributed by atoms with Gasteiger partial charge in [0.1, 0.15) is 23.7 Å². The van der Waals surface area contributed by atoms with Crippen LogP contribution in [0.15, 0.2) is 48.5 Å².